The van der Waals surface area contributed by atoms with Crippen LogP contribution in [0.4, 0.5) is 0 Å². The Balaban J connectivity index is 1.87. The molecule has 1 aliphatic heterocycles. The molecule has 0 saturated carbocycles. The van der Waals surface area contributed by atoms with E-state index >= 15 is 0 Å². The number of allylic oxidation sites excluding steroid dienone is 1. The summed E-state index contributed by atoms with van der Waals surface area (Å²) in [6.07, 6.45) is 1.84. The maximum absolute atomic E-state index is 13.8. The molecule has 0 N–H and O–H groups in total. The van der Waals surface area contributed by atoms with Crippen LogP contribution < -0.4 is 29.1 Å². The molecule has 1 aliphatic rings. The van der Waals surface area contributed by atoms with Gasteiger partial charge in [0, 0.05) is 0 Å². The number of rotatable bonds is 9. The number of hydrogen-bond donors (Lipinski definition) is 0. The van der Waals surface area contributed by atoms with Gasteiger partial charge in [-0.05, 0) is 83.0 Å². The summed E-state index contributed by atoms with van der Waals surface area (Å²) < 4.78 is 24.7. The van der Waals surface area contributed by atoms with Crippen LogP contribution in [0.5, 0.6) is 17.2 Å². The van der Waals surface area contributed by atoms with Gasteiger partial charge in [0.15, 0.2) is 16.3 Å². The van der Waals surface area contributed by atoms with E-state index in [1.165, 1.54) is 11.3 Å². The minimum Gasteiger partial charge on any atom is -0.493 e. The van der Waals surface area contributed by atoms with E-state index in [9.17, 15) is 9.59 Å². The van der Waals surface area contributed by atoms with Crippen LogP contribution in [0.3, 0.4) is 0 Å². The van der Waals surface area contributed by atoms with Crippen LogP contribution >= 0.6 is 11.3 Å². The number of thiazole rings is 1. The van der Waals surface area contributed by atoms with Crippen LogP contribution in [-0.2, 0) is 9.53 Å². The molecule has 39 heavy (non-hydrogen) atoms. The molecule has 2 heterocycles. The van der Waals surface area contributed by atoms with Gasteiger partial charge < -0.3 is 18.9 Å². The molecule has 0 unspecified atom stereocenters. The van der Waals surface area contributed by atoms with Crippen molar-refractivity contribution in [3.8, 4) is 17.2 Å². The van der Waals surface area contributed by atoms with Gasteiger partial charge in [-0.15, -0.1) is 0 Å². The van der Waals surface area contributed by atoms with Crippen LogP contribution in [0.15, 0.2) is 63.5 Å². The van der Waals surface area contributed by atoms with Crippen molar-refractivity contribution in [2.24, 2.45) is 4.99 Å². The highest BCUT2D eigenvalue weighted by Gasteiger charge is 2.34. The first kappa shape index (κ1) is 28.2. The SMILES string of the molecule is CCOC(=O)C1=C(C)N=c2s/c(=C\c3ccc(OC(C)C)cc3)c(=O)n2[C@@H]1c1ccc(OC(C)C)c(OC)c1. The third kappa shape index (κ3) is 6.09. The molecular formula is C30H34N2O6S. The van der Waals surface area contributed by atoms with Crippen molar-refractivity contribution in [2.45, 2.75) is 59.8 Å². The van der Waals surface area contributed by atoms with E-state index in [4.69, 9.17) is 18.9 Å². The van der Waals surface area contributed by atoms with Crippen molar-refractivity contribution in [1.29, 1.82) is 0 Å². The van der Waals surface area contributed by atoms with Gasteiger partial charge in [-0.1, -0.05) is 29.5 Å². The second-order valence-electron chi connectivity index (χ2n) is 9.61. The highest BCUT2D eigenvalue weighted by molar-refractivity contribution is 7.07. The number of carbonyl (C=O) groups is 1. The van der Waals surface area contributed by atoms with Gasteiger partial charge in [0.1, 0.15) is 5.75 Å². The standard InChI is InChI=1S/C30H34N2O6S/c1-8-36-29(34)26-19(6)31-30-32(27(26)21-11-14-23(38-18(4)5)24(16-21)35-7)28(33)25(39-30)15-20-9-12-22(13-10-20)37-17(2)3/h9-18,27H,8H2,1-7H3/b25-15-/t27-/m1/s1. The second kappa shape index (κ2) is 11.9. The number of carbonyl (C=O) groups excluding carboxylic acids is 1. The Morgan fingerprint density at radius 3 is 2.36 bits per heavy atom. The second-order valence-corrected chi connectivity index (χ2v) is 10.6. The average molecular weight is 551 g/mol. The predicted molar refractivity (Wildman–Crippen MR) is 151 cm³/mol. The molecule has 3 aromatic rings. The molecule has 206 valence electrons. The van der Waals surface area contributed by atoms with E-state index in [2.05, 4.69) is 4.99 Å². The maximum Gasteiger partial charge on any atom is 0.338 e. The zero-order valence-corrected chi connectivity index (χ0v) is 24.1. The molecule has 0 spiro atoms. The third-order valence-electron chi connectivity index (χ3n) is 5.93. The maximum atomic E-state index is 13.8. The van der Waals surface area contributed by atoms with Crippen LogP contribution in [0, 0.1) is 0 Å². The van der Waals surface area contributed by atoms with Crippen molar-refractivity contribution in [1.82, 2.24) is 4.57 Å². The highest BCUT2D eigenvalue weighted by atomic mass is 32.1. The van der Waals surface area contributed by atoms with Crippen molar-refractivity contribution in [3.63, 3.8) is 0 Å². The van der Waals surface area contributed by atoms with Gasteiger partial charge in [0.2, 0.25) is 0 Å². The van der Waals surface area contributed by atoms with Crippen LogP contribution in [-0.4, -0.2) is 36.5 Å². The fraction of sp³-hybridized carbons (Fsp3) is 0.367. The fourth-order valence-electron chi connectivity index (χ4n) is 4.38. The first-order valence-corrected chi connectivity index (χ1v) is 13.8. The molecule has 0 radical (unpaired) electrons. The summed E-state index contributed by atoms with van der Waals surface area (Å²) in [7, 11) is 1.56. The number of hydrogen-bond acceptors (Lipinski definition) is 8. The lowest BCUT2D eigenvalue weighted by molar-refractivity contribution is -0.139. The lowest BCUT2D eigenvalue weighted by atomic mass is 9.95. The summed E-state index contributed by atoms with van der Waals surface area (Å²) in [5.74, 6) is 1.33. The average Bonchev–Trinajstić information content (AvgIpc) is 3.18. The molecule has 0 fully saturated rings. The molecule has 0 bridgehead atoms. The summed E-state index contributed by atoms with van der Waals surface area (Å²) >= 11 is 1.28. The van der Waals surface area contributed by atoms with Gasteiger partial charge in [-0.2, -0.15) is 0 Å². The lowest BCUT2D eigenvalue weighted by Crippen LogP contribution is -2.40. The first-order valence-electron chi connectivity index (χ1n) is 12.9. The number of aromatic nitrogens is 1. The highest BCUT2D eigenvalue weighted by Crippen LogP contribution is 2.36. The van der Waals surface area contributed by atoms with Crippen molar-refractivity contribution in [2.75, 3.05) is 13.7 Å². The van der Waals surface area contributed by atoms with E-state index in [0.717, 1.165) is 11.3 Å². The van der Waals surface area contributed by atoms with Gasteiger partial charge in [-0.3, -0.25) is 9.36 Å². The Kier molecular flexibility index (Phi) is 8.60. The van der Waals surface area contributed by atoms with Crippen LogP contribution in [0.25, 0.3) is 6.08 Å². The summed E-state index contributed by atoms with van der Waals surface area (Å²) in [6.45, 7) is 11.5. The van der Waals surface area contributed by atoms with Gasteiger partial charge in [0.05, 0.1) is 47.8 Å². The third-order valence-corrected chi connectivity index (χ3v) is 6.92. The summed E-state index contributed by atoms with van der Waals surface area (Å²) in [4.78, 5) is 32.1. The molecule has 2 aromatic carbocycles. The monoisotopic (exact) mass is 550 g/mol. The minimum atomic E-state index is -0.744. The first-order chi connectivity index (χ1) is 18.6. The van der Waals surface area contributed by atoms with E-state index in [1.54, 1.807) is 37.7 Å². The van der Waals surface area contributed by atoms with E-state index in [1.807, 2.05) is 64.1 Å². The quantitative estimate of drug-likeness (QED) is 0.368. The van der Waals surface area contributed by atoms with Crippen LogP contribution in [0.1, 0.15) is 58.7 Å². The number of ether oxygens (including phenoxy) is 4. The Bertz CT molecular complexity index is 1560. The van der Waals surface area contributed by atoms with E-state index in [0.29, 0.717) is 37.7 Å². The lowest BCUT2D eigenvalue weighted by Gasteiger charge is -2.25. The number of nitrogens with zero attached hydrogens (tertiary/aromatic N) is 2. The zero-order valence-electron chi connectivity index (χ0n) is 23.3. The summed E-state index contributed by atoms with van der Waals surface area (Å²) in [5.41, 5.74) is 2.10. The molecule has 4 rings (SSSR count). The van der Waals surface area contributed by atoms with Gasteiger partial charge in [0.25, 0.3) is 5.56 Å². The molecule has 0 saturated heterocycles. The minimum absolute atomic E-state index is 0.0503. The van der Waals surface area contributed by atoms with Crippen molar-refractivity contribution < 1.29 is 23.7 Å². The Hall–Kier alpha value is -3.85. The smallest absolute Gasteiger partial charge is 0.338 e. The van der Waals surface area contributed by atoms with E-state index in [-0.39, 0.29) is 24.4 Å². The number of methoxy groups -OCH3 is 1. The number of benzene rings is 2. The van der Waals surface area contributed by atoms with Gasteiger partial charge >= 0.3 is 5.97 Å². The summed E-state index contributed by atoms with van der Waals surface area (Å²) in [6, 6.07) is 12.2. The molecule has 1 aromatic heterocycles. The fourth-order valence-corrected chi connectivity index (χ4v) is 5.43. The Morgan fingerprint density at radius 2 is 1.74 bits per heavy atom. The zero-order chi connectivity index (χ0) is 28.3. The van der Waals surface area contributed by atoms with Crippen molar-refractivity contribution in [3.05, 3.63) is 84.5 Å². The van der Waals surface area contributed by atoms with Gasteiger partial charge in [-0.25, -0.2) is 9.79 Å². The molecular weight excluding hydrogens is 516 g/mol. The topological polar surface area (TPSA) is 88.4 Å². The summed E-state index contributed by atoms with van der Waals surface area (Å²) in [5, 5.41) is 0. The molecule has 1 atom stereocenters. The molecule has 0 amide bonds. The largest absolute Gasteiger partial charge is 0.493 e. The predicted octanol–water partition coefficient (Wildman–Crippen LogP) is 4.38. The molecule has 9 heteroatoms. The molecule has 8 nitrogen and oxygen atoms in total. The van der Waals surface area contributed by atoms with Crippen LogP contribution in [0.2, 0.25) is 0 Å². The Morgan fingerprint density at radius 1 is 1.05 bits per heavy atom. The van der Waals surface area contributed by atoms with E-state index < -0.39 is 12.0 Å². The Labute approximate surface area is 231 Å². The molecule has 0 aliphatic carbocycles. The number of esters is 1. The number of fused-ring (bicyclic) bond motifs is 1. The van der Waals surface area contributed by atoms with Crippen molar-refractivity contribution >= 4 is 23.4 Å². The normalized spacial score (nSPS) is 15.3.